The number of nitriles is 1. The van der Waals surface area contributed by atoms with Gasteiger partial charge in [0.1, 0.15) is 0 Å². The number of rotatable bonds is 3. The number of carboxylic acids is 1. The zero-order valence-corrected chi connectivity index (χ0v) is 13.7. The molecule has 0 radical (unpaired) electrons. The molecule has 6 nitrogen and oxygen atoms in total. The summed E-state index contributed by atoms with van der Waals surface area (Å²) in [4.78, 5) is 25.8. The Hall–Kier alpha value is -2.55. The van der Waals surface area contributed by atoms with Gasteiger partial charge in [-0.2, -0.15) is 5.26 Å². The van der Waals surface area contributed by atoms with Crippen molar-refractivity contribution in [3.05, 3.63) is 35.4 Å². The van der Waals surface area contributed by atoms with Gasteiger partial charge in [-0.05, 0) is 43.4 Å². The molecular formula is C18H21N3O3. The van der Waals surface area contributed by atoms with Gasteiger partial charge in [-0.25, -0.2) is 4.79 Å². The van der Waals surface area contributed by atoms with Crippen molar-refractivity contribution in [3.8, 4) is 6.07 Å². The van der Waals surface area contributed by atoms with Crippen molar-refractivity contribution < 1.29 is 14.7 Å². The Morgan fingerprint density at radius 2 is 2.12 bits per heavy atom. The van der Waals surface area contributed by atoms with Crippen LogP contribution in [-0.2, 0) is 4.79 Å². The van der Waals surface area contributed by atoms with Crippen LogP contribution in [0, 0.1) is 22.7 Å². The number of nitrogens with one attached hydrogen (secondary N) is 1. The highest BCUT2D eigenvalue weighted by Crippen LogP contribution is 2.48. The monoisotopic (exact) mass is 327 g/mol. The Morgan fingerprint density at radius 1 is 1.42 bits per heavy atom. The van der Waals surface area contributed by atoms with Crippen LogP contribution in [0.15, 0.2) is 24.3 Å². The van der Waals surface area contributed by atoms with Crippen LogP contribution in [0.4, 0.5) is 4.79 Å². The quantitative estimate of drug-likeness (QED) is 0.892. The molecule has 1 aliphatic carbocycles. The third-order valence-corrected chi connectivity index (χ3v) is 5.46. The third-order valence-electron chi connectivity index (χ3n) is 5.46. The number of amides is 2. The number of fused-ring (bicyclic) bond motifs is 1. The lowest BCUT2D eigenvalue weighted by molar-refractivity contribution is -0.149. The average molecular weight is 327 g/mol. The molecule has 1 saturated carbocycles. The zero-order chi connectivity index (χ0) is 17.3. The lowest BCUT2D eigenvalue weighted by Crippen LogP contribution is -2.42. The molecule has 0 spiro atoms. The van der Waals surface area contributed by atoms with Crippen LogP contribution in [0.3, 0.4) is 0 Å². The maximum Gasteiger partial charge on any atom is 0.317 e. The summed E-state index contributed by atoms with van der Waals surface area (Å²) in [5, 5.41) is 21.4. The fourth-order valence-corrected chi connectivity index (χ4v) is 4.00. The van der Waals surface area contributed by atoms with Crippen molar-refractivity contribution in [3.63, 3.8) is 0 Å². The van der Waals surface area contributed by atoms with Crippen LogP contribution in [-0.4, -0.2) is 35.1 Å². The van der Waals surface area contributed by atoms with E-state index in [-0.39, 0.29) is 18.0 Å². The summed E-state index contributed by atoms with van der Waals surface area (Å²) in [6.07, 6.45) is 2.46. The highest BCUT2D eigenvalue weighted by Gasteiger charge is 2.55. The fourth-order valence-electron chi connectivity index (χ4n) is 4.00. The smallest absolute Gasteiger partial charge is 0.317 e. The third kappa shape index (κ3) is 2.71. The fraction of sp³-hybridized carbons (Fsp3) is 0.500. The standard InChI is InChI=1S/C18H21N3O3/c1-12(14-6-4-13(9-19)5-7-14)20-17(24)21-10-15-3-2-8-18(15,11-21)16(22)23/h4-7,12,15H,2-3,8,10-11H2,1H3,(H,20,24)(H,22,23)/t12?,15-,18+/m0/s1. The van der Waals surface area contributed by atoms with Gasteiger partial charge in [0.15, 0.2) is 0 Å². The molecule has 24 heavy (non-hydrogen) atoms. The number of carboxylic acid groups (broad SMARTS) is 1. The van der Waals surface area contributed by atoms with Crippen LogP contribution in [0.2, 0.25) is 0 Å². The molecule has 1 unspecified atom stereocenters. The van der Waals surface area contributed by atoms with Gasteiger partial charge >= 0.3 is 12.0 Å². The van der Waals surface area contributed by atoms with Gasteiger partial charge < -0.3 is 15.3 Å². The van der Waals surface area contributed by atoms with Crippen molar-refractivity contribution in [2.24, 2.45) is 11.3 Å². The molecule has 3 atom stereocenters. The Morgan fingerprint density at radius 3 is 2.71 bits per heavy atom. The molecule has 126 valence electrons. The van der Waals surface area contributed by atoms with Gasteiger partial charge in [-0.1, -0.05) is 18.6 Å². The van der Waals surface area contributed by atoms with Crippen LogP contribution in [0.1, 0.15) is 43.4 Å². The van der Waals surface area contributed by atoms with Crippen LogP contribution in [0.5, 0.6) is 0 Å². The first-order valence-corrected chi connectivity index (χ1v) is 8.25. The molecular weight excluding hydrogens is 306 g/mol. The molecule has 1 aliphatic heterocycles. The van der Waals surface area contributed by atoms with Crippen molar-refractivity contribution in [2.75, 3.05) is 13.1 Å². The maximum absolute atomic E-state index is 12.5. The molecule has 2 N–H and O–H groups in total. The second-order valence-electron chi connectivity index (χ2n) is 6.84. The number of benzene rings is 1. The minimum absolute atomic E-state index is 0.0611. The minimum Gasteiger partial charge on any atom is -0.481 e. The first-order valence-electron chi connectivity index (χ1n) is 8.25. The van der Waals surface area contributed by atoms with E-state index in [4.69, 9.17) is 5.26 Å². The maximum atomic E-state index is 12.5. The van der Waals surface area contributed by atoms with E-state index in [1.54, 1.807) is 17.0 Å². The SMILES string of the molecule is CC(NC(=O)N1C[C@@H]2CCC[C@@]2(C(=O)O)C1)c1ccc(C#N)cc1. The van der Waals surface area contributed by atoms with Gasteiger partial charge in [0.25, 0.3) is 0 Å². The largest absolute Gasteiger partial charge is 0.481 e. The summed E-state index contributed by atoms with van der Waals surface area (Å²) < 4.78 is 0. The summed E-state index contributed by atoms with van der Waals surface area (Å²) in [6, 6.07) is 8.72. The number of carbonyl (C=O) groups is 2. The molecule has 2 amide bonds. The van der Waals surface area contributed by atoms with E-state index in [9.17, 15) is 14.7 Å². The number of carbonyl (C=O) groups excluding carboxylic acids is 1. The molecule has 2 aliphatic rings. The number of nitrogens with zero attached hydrogens (tertiary/aromatic N) is 2. The summed E-state index contributed by atoms with van der Waals surface area (Å²) in [6.45, 7) is 2.68. The highest BCUT2D eigenvalue weighted by atomic mass is 16.4. The number of likely N-dealkylation sites (tertiary alicyclic amines) is 1. The summed E-state index contributed by atoms with van der Waals surface area (Å²) in [5.41, 5.74) is 0.734. The van der Waals surface area contributed by atoms with Crippen molar-refractivity contribution in [1.29, 1.82) is 5.26 Å². The molecule has 0 bridgehead atoms. The lowest BCUT2D eigenvalue weighted by atomic mass is 9.81. The summed E-state index contributed by atoms with van der Waals surface area (Å²) in [5.74, 6) is -0.716. The zero-order valence-electron chi connectivity index (χ0n) is 13.7. The van der Waals surface area contributed by atoms with E-state index in [1.165, 1.54) is 0 Å². The van der Waals surface area contributed by atoms with E-state index < -0.39 is 11.4 Å². The summed E-state index contributed by atoms with van der Waals surface area (Å²) >= 11 is 0. The van der Waals surface area contributed by atoms with Crippen LogP contribution >= 0.6 is 0 Å². The molecule has 1 heterocycles. The second-order valence-corrected chi connectivity index (χ2v) is 6.84. The van der Waals surface area contributed by atoms with E-state index in [1.807, 2.05) is 19.1 Å². The first-order chi connectivity index (χ1) is 11.5. The normalized spacial score (nSPS) is 26.5. The molecule has 0 aromatic heterocycles. The second kappa shape index (κ2) is 6.16. The molecule has 3 rings (SSSR count). The van der Waals surface area contributed by atoms with E-state index in [2.05, 4.69) is 11.4 Å². The molecule has 6 heteroatoms. The predicted molar refractivity (Wildman–Crippen MR) is 87.1 cm³/mol. The Bertz CT molecular complexity index is 694. The summed E-state index contributed by atoms with van der Waals surface area (Å²) in [7, 11) is 0. The number of hydrogen-bond donors (Lipinski definition) is 2. The van der Waals surface area contributed by atoms with Crippen molar-refractivity contribution >= 4 is 12.0 Å². The number of urea groups is 1. The van der Waals surface area contributed by atoms with Gasteiger partial charge in [-0.15, -0.1) is 0 Å². The van der Waals surface area contributed by atoms with Gasteiger partial charge in [0, 0.05) is 13.1 Å². The molecule has 2 fully saturated rings. The van der Waals surface area contributed by atoms with Crippen molar-refractivity contribution in [2.45, 2.75) is 32.2 Å². The lowest BCUT2D eigenvalue weighted by Gasteiger charge is -2.24. The van der Waals surface area contributed by atoms with E-state index in [0.29, 0.717) is 25.1 Å². The topological polar surface area (TPSA) is 93.4 Å². The van der Waals surface area contributed by atoms with E-state index >= 15 is 0 Å². The van der Waals surface area contributed by atoms with Gasteiger partial charge in [0.2, 0.25) is 0 Å². The average Bonchev–Trinajstić information content (AvgIpc) is 3.13. The van der Waals surface area contributed by atoms with Crippen molar-refractivity contribution in [1.82, 2.24) is 10.2 Å². The Kier molecular flexibility index (Phi) is 4.18. The molecule has 1 saturated heterocycles. The number of hydrogen-bond acceptors (Lipinski definition) is 3. The Balaban J connectivity index is 1.65. The first kappa shape index (κ1) is 16.3. The highest BCUT2D eigenvalue weighted by molar-refractivity contribution is 5.80. The van der Waals surface area contributed by atoms with Crippen LogP contribution < -0.4 is 5.32 Å². The molecule has 1 aromatic carbocycles. The van der Waals surface area contributed by atoms with Gasteiger partial charge in [0.05, 0.1) is 23.1 Å². The minimum atomic E-state index is -0.777. The van der Waals surface area contributed by atoms with Crippen LogP contribution in [0.25, 0.3) is 0 Å². The predicted octanol–water partition coefficient (Wildman–Crippen LogP) is 2.52. The molecule has 1 aromatic rings. The van der Waals surface area contributed by atoms with Gasteiger partial charge in [-0.3, -0.25) is 4.79 Å². The number of aliphatic carboxylic acids is 1. The Labute approximate surface area is 141 Å². The van der Waals surface area contributed by atoms with E-state index in [0.717, 1.165) is 18.4 Å².